The molecule has 116 valence electrons. The Bertz CT molecular complexity index is 647. The summed E-state index contributed by atoms with van der Waals surface area (Å²) >= 11 is 0. The molecule has 1 atom stereocenters. The van der Waals surface area contributed by atoms with Gasteiger partial charge in [0, 0.05) is 25.6 Å². The number of amides is 2. The predicted octanol–water partition coefficient (Wildman–Crippen LogP) is 0.0303. The van der Waals surface area contributed by atoms with Crippen molar-refractivity contribution in [2.45, 2.75) is 24.9 Å². The highest BCUT2D eigenvalue weighted by atomic mass is 16.4. The van der Waals surface area contributed by atoms with Gasteiger partial charge in [-0.3, -0.25) is 14.4 Å². The van der Waals surface area contributed by atoms with Gasteiger partial charge in [0.25, 0.3) is 5.91 Å². The van der Waals surface area contributed by atoms with Crippen molar-refractivity contribution in [1.82, 2.24) is 15.2 Å². The Labute approximate surface area is 126 Å². The quantitative estimate of drug-likeness (QED) is 0.711. The summed E-state index contributed by atoms with van der Waals surface area (Å²) in [5.74, 6) is -1.01. The monoisotopic (exact) mass is 304 g/mol. The number of aromatic nitrogens is 1. The number of likely N-dealkylation sites (tertiary alicyclic amines) is 1. The predicted molar refractivity (Wildman–Crippen MR) is 76.1 cm³/mol. The number of hydrogen-bond donors (Lipinski definition) is 3. The number of pyridine rings is 1. The first-order chi connectivity index (χ1) is 10.5. The van der Waals surface area contributed by atoms with Crippen LogP contribution >= 0.6 is 0 Å². The van der Waals surface area contributed by atoms with Crippen molar-refractivity contribution in [3.05, 3.63) is 23.9 Å². The van der Waals surface area contributed by atoms with E-state index in [2.05, 4.69) is 15.6 Å². The van der Waals surface area contributed by atoms with Crippen LogP contribution in [0.3, 0.4) is 0 Å². The molecule has 8 heteroatoms. The second-order valence-electron chi connectivity index (χ2n) is 5.52. The Morgan fingerprint density at radius 1 is 1.36 bits per heavy atom. The molecule has 2 aliphatic heterocycles. The number of carbonyl (C=O) groups excluding carboxylic acids is 2. The summed E-state index contributed by atoms with van der Waals surface area (Å²) in [4.78, 5) is 40.5. The first kappa shape index (κ1) is 14.3. The number of nitrogens with one attached hydrogen (secondary N) is 2. The molecule has 3 N–H and O–H groups in total. The van der Waals surface area contributed by atoms with Crippen LogP contribution in [-0.4, -0.2) is 51.5 Å². The number of nitrogens with zero attached hydrogens (tertiary/aromatic N) is 2. The molecular weight excluding hydrogens is 288 g/mol. The fourth-order valence-corrected chi connectivity index (χ4v) is 2.87. The lowest BCUT2D eigenvalue weighted by Gasteiger charge is -2.39. The molecule has 3 rings (SSSR count). The maximum absolute atomic E-state index is 12.2. The number of anilines is 1. The molecule has 0 unspecified atom stereocenters. The number of carbonyl (C=O) groups is 3. The number of fused-ring (bicyclic) bond motifs is 1. The Kier molecular flexibility index (Phi) is 3.44. The third-order valence-corrected chi connectivity index (χ3v) is 4.02. The third kappa shape index (κ3) is 2.59. The Balaban J connectivity index is 1.82. The van der Waals surface area contributed by atoms with Gasteiger partial charge in [-0.1, -0.05) is 0 Å². The minimum atomic E-state index is -1.04. The van der Waals surface area contributed by atoms with Crippen LogP contribution in [0.15, 0.2) is 18.3 Å². The topological polar surface area (TPSA) is 112 Å². The molecule has 0 saturated carbocycles. The van der Waals surface area contributed by atoms with Crippen molar-refractivity contribution in [3.8, 4) is 0 Å². The van der Waals surface area contributed by atoms with Crippen molar-refractivity contribution in [2.75, 3.05) is 18.4 Å². The van der Waals surface area contributed by atoms with Gasteiger partial charge in [0.2, 0.25) is 5.91 Å². The van der Waals surface area contributed by atoms with E-state index in [0.29, 0.717) is 24.2 Å². The summed E-state index contributed by atoms with van der Waals surface area (Å²) in [6, 6.07) is 3.36. The Hall–Kier alpha value is -2.64. The van der Waals surface area contributed by atoms with Crippen LogP contribution in [0.25, 0.3) is 0 Å². The molecule has 0 radical (unpaired) electrons. The standard InChI is InChI=1S/C14H16N4O4/c19-10-3-4-14(5-7-18(10)8-11(20)21)16-12-9(13(22)17-14)2-1-6-15-12/h1-2,6H,3-5,7-8H2,(H,15,16)(H,17,22)(H,20,21)/t14-/m1/s1. The van der Waals surface area contributed by atoms with E-state index in [0.717, 1.165) is 0 Å². The van der Waals surface area contributed by atoms with Crippen LogP contribution in [0.4, 0.5) is 5.82 Å². The lowest BCUT2D eigenvalue weighted by molar-refractivity contribution is -0.144. The highest BCUT2D eigenvalue weighted by molar-refractivity contribution is 6.01. The van der Waals surface area contributed by atoms with Crippen LogP contribution in [0.5, 0.6) is 0 Å². The normalized spacial score (nSPS) is 24.3. The second kappa shape index (κ2) is 5.28. The van der Waals surface area contributed by atoms with Gasteiger partial charge in [0.05, 0.1) is 5.56 Å². The summed E-state index contributed by atoms with van der Waals surface area (Å²) < 4.78 is 0. The van der Waals surface area contributed by atoms with Gasteiger partial charge in [-0.05, 0) is 18.6 Å². The van der Waals surface area contributed by atoms with Crippen LogP contribution in [0.2, 0.25) is 0 Å². The first-order valence-corrected chi connectivity index (χ1v) is 7.04. The third-order valence-electron chi connectivity index (χ3n) is 4.02. The van der Waals surface area contributed by atoms with Crippen molar-refractivity contribution in [1.29, 1.82) is 0 Å². The first-order valence-electron chi connectivity index (χ1n) is 7.04. The Morgan fingerprint density at radius 2 is 2.18 bits per heavy atom. The van der Waals surface area contributed by atoms with Crippen LogP contribution < -0.4 is 10.6 Å². The fourth-order valence-electron chi connectivity index (χ4n) is 2.87. The zero-order valence-corrected chi connectivity index (χ0v) is 11.8. The number of carboxylic acid groups (broad SMARTS) is 1. The number of carboxylic acids is 1. The highest BCUT2D eigenvalue weighted by Gasteiger charge is 2.41. The average Bonchev–Trinajstić information content (AvgIpc) is 2.61. The molecule has 2 aliphatic rings. The van der Waals surface area contributed by atoms with E-state index in [1.165, 1.54) is 4.90 Å². The average molecular weight is 304 g/mol. The van der Waals surface area contributed by atoms with E-state index in [-0.39, 0.29) is 31.3 Å². The van der Waals surface area contributed by atoms with Gasteiger partial charge in [0.1, 0.15) is 18.0 Å². The highest BCUT2D eigenvalue weighted by Crippen LogP contribution is 2.30. The minimum absolute atomic E-state index is 0.169. The van der Waals surface area contributed by atoms with E-state index in [1.54, 1.807) is 18.3 Å². The van der Waals surface area contributed by atoms with Crippen molar-refractivity contribution in [3.63, 3.8) is 0 Å². The van der Waals surface area contributed by atoms with E-state index < -0.39 is 11.6 Å². The largest absolute Gasteiger partial charge is 0.480 e. The molecule has 1 saturated heterocycles. The second-order valence-corrected chi connectivity index (χ2v) is 5.52. The van der Waals surface area contributed by atoms with Gasteiger partial charge in [-0.15, -0.1) is 0 Å². The summed E-state index contributed by atoms with van der Waals surface area (Å²) in [6.45, 7) is -0.0573. The molecule has 0 bridgehead atoms. The SMILES string of the molecule is O=C(O)CN1CC[C@@]2(CCC1=O)NC(=O)c1cccnc1N2. The molecule has 1 aromatic rings. The van der Waals surface area contributed by atoms with Gasteiger partial charge in [0.15, 0.2) is 0 Å². The molecule has 0 aromatic carbocycles. The van der Waals surface area contributed by atoms with Gasteiger partial charge >= 0.3 is 5.97 Å². The molecule has 22 heavy (non-hydrogen) atoms. The van der Waals surface area contributed by atoms with Crippen molar-refractivity contribution < 1.29 is 19.5 Å². The van der Waals surface area contributed by atoms with Crippen molar-refractivity contribution >= 4 is 23.6 Å². The van der Waals surface area contributed by atoms with Gasteiger partial charge in [-0.2, -0.15) is 0 Å². The van der Waals surface area contributed by atoms with Crippen LogP contribution in [0.1, 0.15) is 29.6 Å². The molecule has 8 nitrogen and oxygen atoms in total. The number of hydrogen-bond acceptors (Lipinski definition) is 5. The maximum Gasteiger partial charge on any atom is 0.323 e. The molecule has 1 aromatic heterocycles. The summed E-state index contributed by atoms with van der Waals surface area (Å²) in [6.07, 6.45) is 2.58. The molecule has 0 aliphatic carbocycles. The molecule has 1 spiro atoms. The summed E-state index contributed by atoms with van der Waals surface area (Å²) in [5, 5.41) is 15.0. The van der Waals surface area contributed by atoms with E-state index in [9.17, 15) is 14.4 Å². The van der Waals surface area contributed by atoms with Crippen LogP contribution in [-0.2, 0) is 9.59 Å². The maximum atomic E-state index is 12.2. The lowest BCUT2D eigenvalue weighted by atomic mass is 9.97. The zero-order chi connectivity index (χ0) is 15.7. The molecule has 3 heterocycles. The number of rotatable bonds is 2. The number of aliphatic carboxylic acids is 1. The zero-order valence-electron chi connectivity index (χ0n) is 11.8. The lowest BCUT2D eigenvalue weighted by Crippen LogP contribution is -2.58. The molecule has 2 amide bonds. The fraction of sp³-hybridized carbons (Fsp3) is 0.429. The summed E-state index contributed by atoms with van der Waals surface area (Å²) in [5.41, 5.74) is -0.299. The van der Waals surface area contributed by atoms with E-state index >= 15 is 0 Å². The summed E-state index contributed by atoms with van der Waals surface area (Å²) in [7, 11) is 0. The van der Waals surface area contributed by atoms with Gasteiger partial charge < -0.3 is 20.6 Å². The molecule has 1 fully saturated rings. The smallest absolute Gasteiger partial charge is 0.323 e. The minimum Gasteiger partial charge on any atom is -0.480 e. The van der Waals surface area contributed by atoms with Crippen molar-refractivity contribution in [2.24, 2.45) is 0 Å². The Morgan fingerprint density at radius 3 is 2.95 bits per heavy atom. The van der Waals surface area contributed by atoms with E-state index in [4.69, 9.17) is 5.11 Å². The van der Waals surface area contributed by atoms with Crippen LogP contribution in [0, 0.1) is 0 Å². The van der Waals surface area contributed by atoms with E-state index in [1.807, 2.05) is 0 Å². The molecular formula is C14H16N4O4. The van der Waals surface area contributed by atoms with Gasteiger partial charge in [-0.25, -0.2) is 4.98 Å².